The van der Waals surface area contributed by atoms with Gasteiger partial charge in [0.25, 0.3) is 5.91 Å². The van der Waals surface area contributed by atoms with Crippen LogP contribution < -0.4 is 16.4 Å². The molecule has 0 heterocycles. The maximum absolute atomic E-state index is 11.8. The third-order valence-corrected chi connectivity index (χ3v) is 3.76. The van der Waals surface area contributed by atoms with Gasteiger partial charge in [-0.05, 0) is 37.1 Å². The Labute approximate surface area is 123 Å². The molecule has 2 rings (SSSR count). The lowest BCUT2D eigenvalue weighted by atomic mass is 10.1. The maximum Gasteiger partial charge on any atom is 0.251 e. The third-order valence-electron chi connectivity index (χ3n) is 3.76. The van der Waals surface area contributed by atoms with Crippen molar-refractivity contribution in [3.63, 3.8) is 0 Å². The lowest BCUT2D eigenvalue weighted by Crippen LogP contribution is -2.40. The number of carbonyl (C=O) groups is 2. The Morgan fingerprint density at radius 3 is 2.52 bits per heavy atom. The number of benzene rings is 1. The molecule has 0 bridgehead atoms. The highest BCUT2D eigenvalue weighted by molar-refractivity contribution is 5.96. The van der Waals surface area contributed by atoms with Crippen LogP contribution in [0.5, 0.6) is 0 Å². The van der Waals surface area contributed by atoms with Gasteiger partial charge in [-0.2, -0.15) is 0 Å². The quantitative estimate of drug-likeness (QED) is 0.585. The molecule has 1 aliphatic rings. The molecule has 0 spiro atoms. The predicted octanol–water partition coefficient (Wildman–Crippen LogP) is 0.276. The molecule has 114 valence electrons. The van der Waals surface area contributed by atoms with Crippen molar-refractivity contribution >= 4 is 17.5 Å². The van der Waals surface area contributed by atoms with Crippen LogP contribution >= 0.6 is 0 Å². The molecule has 0 aromatic heterocycles. The normalized spacial score (nSPS) is 21.0. The van der Waals surface area contributed by atoms with Crippen molar-refractivity contribution in [3.8, 4) is 0 Å². The lowest BCUT2D eigenvalue weighted by molar-refractivity contribution is -0.120. The Bertz CT molecular complexity index is 501. The van der Waals surface area contributed by atoms with Crippen LogP contribution in [0.3, 0.4) is 0 Å². The van der Waals surface area contributed by atoms with Gasteiger partial charge in [-0.15, -0.1) is 0 Å². The molecular formula is C15H21N3O3. The van der Waals surface area contributed by atoms with E-state index in [9.17, 15) is 14.7 Å². The van der Waals surface area contributed by atoms with Crippen LogP contribution in [-0.2, 0) is 4.79 Å². The molecule has 0 aliphatic heterocycles. The lowest BCUT2D eigenvalue weighted by Gasteiger charge is -2.15. The Kier molecular flexibility index (Phi) is 5.16. The van der Waals surface area contributed by atoms with Crippen molar-refractivity contribution < 1.29 is 14.7 Å². The number of aliphatic hydroxyl groups excluding tert-OH is 1. The van der Waals surface area contributed by atoms with Crippen molar-refractivity contribution in [2.45, 2.75) is 25.4 Å². The fourth-order valence-corrected chi connectivity index (χ4v) is 2.46. The van der Waals surface area contributed by atoms with E-state index >= 15 is 0 Å². The van der Waals surface area contributed by atoms with Crippen LogP contribution in [0.1, 0.15) is 29.6 Å². The molecule has 5 N–H and O–H groups in total. The molecule has 2 unspecified atom stereocenters. The van der Waals surface area contributed by atoms with E-state index in [4.69, 9.17) is 5.73 Å². The molecule has 2 amide bonds. The van der Waals surface area contributed by atoms with Crippen LogP contribution in [0, 0.1) is 5.92 Å². The zero-order valence-electron chi connectivity index (χ0n) is 11.8. The van der Waals surface area contributed by atoms with Gasteiger partial charge in [0, 0.05) is 23.7 Å². The minimum Gasteiger partial charge on any atom is -0.399 e. The summed E-state index contributed by atoms with van der Waals surface area (Å²) in [6.07, 6.45) is 2.40. The molecule has 1 aromatic rings. The Morgan fingerprint density at radius 1 is 1.19 bits per heavy atom. The van der Waals surface area contributed by atoms with Crippen LogP contribution in [0.15, 0.2) is 24.3 Å². The smallest absolute Gasteiger partial charge is 0.251 e. The van der Waals surface area contributed by atoms with Crippen molar-refractivity contribution in [2.24, 2.45) is 5.92 Å². The van der Waals surface area contributed by atoms with Gasteiger partial charge < -0.3 is 21.5 Å². The zero-order valence-corrected chi connectivity index (χ0v) is 11.8. The topological polar surface area (TPSA) is 104 Å². The van der Waals surface area contributed by atoms with E-state index in [1.165, 1.54) is 0 Å². The highest BCUT2D eigenvalue weighted by Gasteiger charge is 2.25. The summed E-state index contributed by atoms with van der Waals surface area (Å²) in [5.41, 5.74) is 6.59. The number of carbonyl (C=O) groups excluding carboxylic acids is 2. The largest absolute Gasteiger partial charge is 0.399 e. The number of hydrogen-bond donors (Lipinski definition) is 4. The van der Waals surface area contributed by atoms with Gasteiger partial charge in [-0.3, -0.25) is 9.59 Å². The van der Waals surface area contributed by atoms with Gasteiger partial charge >= 0.3 is 0 Å². The summed E-state index contributed by atoms with van der Waals surface area (Å²) in [5.74, 6) is -0.439. The number of nitrogen functional groups attached to an aromatic ring is 1. The monoisotopic (exact) mass is 291 g/mol. The van der Waals surface area contributed by atoms with E-state index < -0.39 is 0 Å². The molecule has 0 radical (unpaired) electrons. The summed E-state index contributed by atoms with van der Waals surface area (Å²) in [7, 11) is 0. The minimum absolute atomic E-state index is 0.0774. The SMILES string of the molecule is Nc1ccc(C(=O)NCC(=O)NCC2CCCC2O)cc1. The standard InChI is InChI=1S/C15H21N3O3/c16-12-6-4-10(5-7-12)15(21)18-9-14(20)17-8-11-2-1-3-13(11)19/h4-7,11,13,19H,1-3,8-9,16H2,(H,17,20)(H,18,21). The zero-order chi connectivity index (χ0) is 15.2. The summed E-state index contributed by atoms with van der Waals surface area (Å²) >= 11 is 0. The summed E-state index contributed by atoms with van der Waals surface area (Å²) < 4.78 is 0. The summed E-state index contributed by atoms with van der Waals surface area (Å²) in [6, 6.07) is 6.49. The average molecular weight is 291 g/mol. The van der Waals surface area contributed by atoms with Crippen LogP contribution in [-0.4, -0.2) is 36.1 Å². The molecule has 1 saturated carbocycles. The highest BCUT2D eigenvalue weighted by atomic mass is 16.3. The van der Waals surface area contributed by atoms with Gasteiger partial charge in [0.2, 0.25) is 5.91 Å². The minimum atomic E-state index is -0.324. The first-order valence-corrected chi connectivity index (χ1v) is 7.15. The number of nitrogens with one attached hydrogen (secondary N) is 2. The molecular weight excluding hydrogens is 270 g/mol. The molecule has 1 aliphatic carbocycles. The number of nitrogens with two attached hydrogens (primary N) is 1. The predicted molar refractivity (Wildman–Crippen MR) is 79.5 cm³/mol. The van der Waals surface area contributed by atoms with Crippen molar-refractivity contribution in [1.29, 1.82) is 0 Å². The van der Waals surface area contributed by atoms with Crippen molar-refractivity contribution in [2.75, 3.05) is 18.8 Å². The number of anilines is 1. The second-order valence-corrected chi connectivity index (χ2v) is 5.37. The fourth-order valence-electron chi connectivity index (χ4n) is 2.46. The van der Waals surface area contributed by atoms with Crippen LogP contribution in [0.25, 0.3) is 0 Å². The molecule has 6 heteroatoms. The Morgan fingerprint density at radius 2 is 1.90 bits per heavy atom. The second kappa shape index (κ2) is 7.08. The number of hydrogen-bond acceptors (Lipinski definition) is 4. The van der Waals surface area contributed by atoms with Gasteiger partial charge in [-0.25, -0.2) is 0 Å². The van der Waals surface area contributed by atoms with E-state index in [2.05, 4.69) is 10.6 Å². The Hall–Kier alpha value is -2.08. The molecule has 1 aromatic carbocycles. The summed E-state index contributed by atoms with van der Waals surface area (Å²) in [5, 5.41) is 14.9. The van der Waals surface area contributed by atoms with E-state index in [0.717, 1.165) is 19.3 Å². The number of rotatable bonds is 5. The van der Waals surface area contributed by atoms with Gasteiger partial charge in [0.05, 0.1) is 12.6 Å². The van der Waals surface area contributed by atoms with E-state index in [0.29, 0.717) is 17.8 Å². The van der Waals surface area contributed by atoms with E-state index in [1.54, 1.807) is 24.3 Å². The number of aliphatic hydroxyl groups is 1. The summed E-state index contributed by atoms with van der Waals surface area (Å²) in [4.78, 5) is 23.5. The van der Waals surface area contributed by atoms with Crippen molar-refractivity contribution in [1.82, 2.24) is 10.6 Å². The molecule has 1 fully saturated rings. The van der Waals surface area contributed by atoms with Gasteiger partial charge in [-0.1, -0.05) is 6.42 Å². The molecule has 2 atom stereocenters. The van der Waals surface area contributed by atoms with Crippen LogP contribution in [0.2, 0.25) is 0 Å². The number of amides is 2. The first kappa shape index (κ1) is 15.3. The first-order chi connectivity index (χ1) is 10.1. The molecule has 21 heavy (non-hydrogen) atoms. The second-order valence-electron chi connectivity index (χ2n) is 5.37. The first-order valence-electron chi connectivity index (χ1n) is 7.15. The van der Waals surface area contributed by atoms with E-state index in [1.807, 2.05) is 0 Å². The van der Waals surface area contributed by atoms with Gasteiger partial charge in [0.1, 0.15) is 0 Å². The molecule has 0 saturated heterocycles. The van der Waals surface area contributed by atoms with E-state index in [-0.39, 0.29) is 30.4 Å². The highest BCUT2D eigenvalue weighted by Crippen LogP contribution is 2.24. The Balaban J connectivity index is 1.71. The maximum atomic E-state index is 11.8. The fraction of sp³-hybridized carbons (Fsp3) is 0.467. The summed E-state index contributed by atoms with van der Waals surface area (Å²) in [6.45, 7) is 0.379. The van der Waals surface area contributed by atoms with Gasteiger partial charge in [0.15, 0.2) is 0 Å². The molecule has 6 nitrogen and oxygen atoms in total. The van der Waals surface area contributed by atoms with Crippen LogP contribution in [0.4, 0.5) is 5.69 Å². The van der Waals surface area contributed by atoms with Crippen molar-refractivity contribution in [3.05, 3.63) is 29.8 Å². The average Bonchev–Trinajstić information content (AvgIpc) is 2.88. The third kappa shape index (κ3) is 4.46.